The molecule has 2 saturated heterocycles. The summed E-state index contributed by atoms with van der Waals surface area (Å²) in [5.74, 6) is -1.05. The molecule has 0 aromatic carbocycles. The van der Waals surface area contributed by atoms with Crippen LogP contribution in [-0.2, 0) is 4.79 Å². The molecule has 0 aromatic rings. The highest BCUT2D eigenvalue weighted by Gasteiger charge is 2.43. The van der Waals surface area contributed by atoms with Crippen molar-refractivity contribution in [2.75, 3.05) is 19.6 Å². The maximum Gasteiger partial charge on any atom is 0.393 e. The van der Waals surface area contributed by atoms with E-state index in [2.05, 4.69) is 12.2 Å². The lowest BCUT2D eigenvalue weighted by atomic mass is 9.92. The number of rotatable bonds is 1. The molecule has 2 rings (SSSR count). The van der Waals surface area contributed by atoms with Gasteiger partial charge in [-0.2, -0.15) is 13.2 Å². The van der Waals surface area contributed by atoms with Crippen LogP contribution in [0.4, 0.5) is 13.2 Å². The van der Waals surface area contributed by atoms with Gasteiger partial charge in [-0.3, -0.25) is 4.79 Å². The van der Waals surface area contributed by atoms with Crippen molar-refractivity contribution in [3.8, 4) is 0 Å². The Morgan fingerprint density at radius 3 is 2.68 bits per heavy atom. The van der Waals surface area contributed by atoms with Crippen molar-refractivity contribution < 1.29 is 18.0 Å². The Labute approximate surface area is 111 Å². The fourth-order valence-electron chi connectivity index (χ4n) is 2.96. The summed E-state index contributed by atoms with van der Waals surface area (Å²) in [6.07, 6.45) is -1.85. The molecule has 3 nitrogen and oxygen atoms in total. The molecule has 1 N–H and O–H groups in total. The van der Waals surface area contributed by atoms with Crippen LogP contribution in [0, 0.1) is 11.8 Å². The van der Waals surface area contributed by atoms with Gasteiger partial charge in [-0.15, -0.1) is 0 Å². The number of halogens is 3. The van der Waals surface area contributed by atoms with Gasteiger partial charge in [-0.25, -0.2) is 0 Å². The molecule has 0 saturated carbocycles. The van der Waals surface area contributed by atoms with E-state index in [4.69, 9.17) is 0 Å². The minimum Gasteiger partial charge on any atom is -0.341 e. The fraction of sp³-hybridized carbons (Fsp3) is 0.923. The Morgan fingerprint density at radius 1 is 1.32 bits per heavy atom. The van der Waals surface area contributed by atoms with Crippen LogP contribution in [0.1, 0.15) is 32.6 Å². The van der Waals surface area contributed by atoms with E-state index >= 15 is 0 Å². The zero-order valence-electron chi connectivity index (χ0n) is 11.2. The molecule has 2 aliphatic heterocycles. The number of carbonyl (C=O) groups is 1. The standard InChI is InChI=1S/C13H21F3N2O/c1-9-4-5-17-11(7-9)12(19)18-6-2-3-10(8-18)13(14,15)16/h9-11,17H,2-8H2,1H3. The largest absolute Gasteiger partial charge is 0.393 e. The smallest absolute Gasteiger partial charge is 0.341 e. The number of likely N-dealkylation sites (tertiary alicyclic amines) is 1. The number of hydrogen-bond donors (Lipinski definition) is 1. The van der Waals surface area contributed by atoms with Crippen LogP contribution in [0.25, 0.3) is 0 Å². The molecule has 0 spiro atoms. The van der Waals surface area contributed by atoms with Crippen molar-refractivity contribution in [1.29, 1.82) is 0 Å². The molecule has 6 heteroatoms. The first kappa shape index (κ1) is 14.6. The van der Waals surface area contributed by atoms with E-state index in [0.717, 1.165) is 19.4 Å². The van der Waals surface area contributed by atoms with E-state index in [-0.39, 0.29) is 24.9 Å². The van der Waals surface area contributed by atoms with Crippen molar-refractivity contribution in [3.05, 3.63) is 0 Å². The Bertz CT molecular complexity index is 332. The third-order valence-corrected chi connectivity index (χ3v) is 4.16. The van der Waals surface area contributed by atoms with E-state index in [1.807, 2.05) is 0 Å². The minimum atomic E-state index is -4.19. The van der Waals surface area contributed by atoms with E-state index < -0.39 is 12.1 Å². The second kappa shape index (κ2) is 5.69. The summed E-state index contributed by atoms with van der Waals surface area (Å²) < 4.78 is 38.2. The van der Waals surface area contributed by atoms with Gasteiger partial charge in [0.2, 0.25) is 5.91 Å². The van der Waals surface area contributed by atoms with Gasteiger partial charge in [0, 0.05) is 13.1 Å². The quantitative estimate of drug-likeness (QED) is 0.797. The summed E-state index contributed by atoms with van der Waals surface area (Å²) >= 11 is 0. The topological polar surface area (TPSA) is 32.3 Å². The fourth-order valence-corrected chi connectivity index (χ4v) is 2.96. The van der Waals surface area contributed by atoms with Crippen molar-refractivity contribution in [2.45, 2.75) is 44.8 Å². The molecule has 3 atom stereocenters. The Kier molecular flexibility index (Phi) is 4.38. The minimum absolute atomic E-state index is 0.141. The lowest BCUT2D eigenvalue weighted by Crippen LogP contribution is -2.53. The van der Waals surface area contributed by atoms with Gasteiger partial charge in [-0.05, 0) is 38.1 Å². The van der Waals surface area contributed by atoms with Gasteiger partial charge in [-0.1, -0.05) is 6.92 Å². The number of alkyl halides is 3. The molecule has 19 heavy (non-hydrogen) atoms. The van der Waals surface area contributed by atoms with Crippen molar-refractivity contribution in [2.24, 2.45) is 11.8 Å². The highest BCUT2D eigenvalue weighted by Crippen LogP contribution is 2.33. The number of carbonyl (C=O) groups excluding carboxylic acids is 1. The van der Waals surface area contributed by atoms with Crippen LogP contribution in [-0.4, -0.2) is 42.7 Å². The summed E-state index contributed by atoms with van der Waals surface area (Å²) in [4.78, 5) is 13.7. The molecule has 2 heterocycles. The second-order valence-corrected chi connectivity index (χ2v) is 5.80. The molecule has 0 aliphatic carbocycles. The first-order valence-corrected chi connectivity index (χ1v) is 6.97. The lowest BCUT2D eigenvalue weighted by molar-refractivity contribution is -0.188. The van der Waals surface area contributed by atoms with Gasteiger partial charge < -0.3 is 10.2 Å². The number of hydrogen-bond acceptors (Lipinski definition) is 2. The van der Waals surface area contributed by atoms with Gasteiger partial charge in [0.25, 0.3) is 0 Å². The zero-order chi connectivity index (χ0) is 14.0. The Balaban J connectivity index is 1.95. The van der Waals surface area contributed by atoms with Crippen LogP contribution in [0.5, 0.6) is 0 Å². The maximum atomic E-state index is 12.7. The molecule has 3 unspecified atom stereocenters. The number of nitrogens with one attached hydrogen (secondary N) is 1. The molecule has 110 valence electrons. The third kappa shape index (κ3) is 3.61. The first-order chi connectivity index (χ1) is 8.88. The average Bonchev–Trinajstić information content (AvgIpc) is 2.37. The number of piperidine rings is 2. The number of nitrogens with zero attached hydrogens (tertiary/aromatic N) is 1. The van der Waals surface area contributed by atoms with Crippen molar-refractivity contribution >= 4 is 5.91 Å². The van der Waals surface area contributed by atoms with Crippen LogP contribution in [0.3, 0.4) is 0 Å². The summed E-state index contributed by atoms with van der Waals surface area (Å²) in [5, 5.41) is 3.13. The van der Waals surface area contributed by atoms with Crippen molar-refractivity contribution in [1.82, 2.24) is 10.2 Å². The SMILES string of the molecule is CC1CCNC(C(=O)N2CCCC(C(F)(F)F)C2)C1. The summed E-state index contributed by atoms with van der Waals surface area (Å²) in [5.41, 5.74) is 0. The lowest BCUT2D eigenvalue weighted by Gasteiger charge is -2.37. The van der Waals surface area contributed by atoms with Gasteiger partial charge >= 0.3 is 6.18 Å². The molecule has 0 aromatic heterocycles. The summed E-state index contributed by atoms with van der Waals surface area (Å²) in [7, 11) is 0. The van der Waals surface area contributed by atoms with Gasteiger partial charge in [0.15, 0.2) is 0 Å². The maximum absolute atomic E-state index is 12.7. The van der Waals surface area contributed by atoms with E-state index in [0.29, 0.717) is 18.9 Å². The Hall–Kier alpha value is -0.780. The predicted octanol–water partition coefficient (Wildman–Crippen LogP) is 2.18. The molecule has 2 aliphatic rings. The normalized spacial score (nSPS) is 33.3. The molecule has 0 radical (unpaired) electrons. The molecule has 2 fully saturated rings. The number of amides is 1. The van der Waals surface area contributed by atoms with Crippen LogP contribution in [0.2, 0.25) is 0 Å². The van der Waals surface area contributed by atoms with Gasteiger partial charge in [0.05, 0.1) is 12.0 Å². The first-order valence-electron chi connectivity index (χ1n) is 6.97. The van der Waals surface area contributed by atoms with Gasteiger partial charge in [0.1, 0.15) is 0 Å². The van der Waals surface area contributed by atoms with E-state index in [9.17, 15) is 18.0 Å². The van der Waals surface area contributed by atoms with E-state index in [1.54, 1.807) is 0 Å². The Morgan fingerprint density at radius 2 is 2.05 bits per heavy atom. The highest BCUT2D eigenvalue weighted by atomic mass is 19.4. The molecule has 1 amide bonds. The van der Waals surface area contributed by atoms with Crippen LogP contribution in [0.15, 0.2) is 0 Å². The van der Waals surface area contributed by atoms with Crippen LogP contribution >= 0.6 is 0 Å². The molecule has 0 bridgehead atoms. The summed E-state index contributed by atoms with van der Waals surface area (Å²) in [6, 6.07) is -0.296. The average molecular weight is 278 g/mol. The third-order valence-electron chi connectivity index (χ3n) is 4.16. The molecular formula is C13H21F3N2O. The van der Waals surface area contributed by atoms with Crippen molar-refractivity contribution in [3.63, 3.8) is 0 Å². The second-order valence-electron chi connectivity index (χ2n) is 5.80. The van der Waals surface area contributed by atoms with Crippen LogP contribution < -0.4 is 5.32 Å². The van der Waals surface area contributed by atoms with E-state index in [1.165, 1.54) is 4.90 Å². The monoisotopic (exact) mass is 278 g/mol. The summed E-state index contributed by atoms with van der Waals surface area (Å²) in [6.45, 7) is 3.14. The molecular weight excluding hydrogens is 257 g/mol. The predicted molar refractivity (Wildman–Crippen MR) is 65.5 cm³/mol. The zero-order valence-corrected chi connectivity index (χ0v) is 11.2. The highest BCUT2D eigenvalue weighted by molar-refractivity contribution is 5.82.